The highest BCUT2D eigenvalue weighted by molar-refractivity contribution is 5.65. The van der Waals surface area contributed by atoms with Gasteiger partial charge in [0.2, 0.25) is 0 Å². The maximum Gasteiger partial charge on any atom is 0.292 e. The lowest BCUT2D eigenvalue weighted by atomic mass is 10.2. The number of likely N-dealkylation sites (N-methyl/N-ethyl adjacent to an activating group) is 1. The van der Waals surface area contributed by atoms with Crippen LogP contribution in [0.4, 0.5) is 11.4 Å². The molecule has 0 aliphatic rings. The van der Waals surface area contributed by atoms with Crippen LogP contribution in [0.3, 0.4) is 0 Å². The normalized spacial score (nSPS) is 10.8. The molecule has 1 aromatic carbocycles. The van der Waals surface area contributed by atoms with Crippen LogP contribution in [-0.4, -0.2) is 46.6 Å². The highest BCUT2D eigenvalue weighted by Gasteiger charge is 2.14. The fraction of sp³-hybridized carbons (Fsp3) is 0.308. The van der Waals surface area contributed by atoms with E-state index < -0.39 is 0 Å². The lowest BCUT2D eigenvalue weighted by molar-refractivity contribution is -0.384. The fourth-order valence-electron chi connectivity index (χ4n) is 1.81. The van der Waals surface area contributed by atoms with Crippen molar-refractivity contribution in [3.8, 4) is 5.69 Å². The van der Waals surface area contributed by atoms with Gasteiger partial charge in [0.15, 0.2) is 0 Å². The van der Waals surface area contributed by atoms with Crippen molar-refractivity contribution in [2.24, 2.45) is 0 Å². The molecule has 106 valence electrons. The molecule has 7 heteroatoms. The van der Waals surface area contributed by atoms with Crippen molar-refractivity contribution in [1.82, 2.24) is 14.5 Å². The molecule has 0 fully saturated rings. The number of hydrogen-bond acceptors (Lipinski definition) is 5. The molecule has 1 N–H and O–H groups in total. The molecule has 0 atom stereocenters. The van der Waals surface area contributed by atoms with Gasteiger partial charge in [-0.25, -0.2) is 4.98 Å². The minimum atomic E-state index is -0.379. The summed E-state index contributed by atoms with van der Waals surface area (Å²) in [7, 11) is 3.91. The monoisotopic (exact) mass is 275 g/mol. The van der Waals surface area contributed by atoms with Crippen LogP contribution in [0.2, 0.25) is 0 Å². The van der Waals surface area contributed by atoms with Crippen LogP contribution in [0.1, 0.15) is 0 Å². The van der Waals surface area contributed by atoms with Gasteiger partial charge in [-0.2, -0.15) is 0 Å². The van der Waals surface area contributed by atoms with Crippen molar-refractivity contribution in [1.29, 1.82) is 0 Å². The topological polar surface area (TPSA) is 76.2 Å². The molecule has 0 radical (unpaired) electrons. The van der Waals surface area contributed by atoms with Gasteiger partial charge >= 0.3 is 0 Å². The lowest BCUT2D eigenvalue weighted by Crippen LogP contribution is -2.21. The van der Waals surface area contributed by atoms with E-state index in [0.29, 0.717) is 12.2 Å². The molecule has 0 saturated carbocycles. The summed E-state index contributed by atoms with van der Waals surface area (Å²) in [5.41, 5.74) is 1.43. The summed E-state index contributed by atoms with van der Waals surface area (Å²) in [4.78, 5) is 16.7. The van der Waals surface area contributed by atoms with Crippen molar-refractivity contribution >= 4 is 11.4 Å². The first-order valence-corrected chi connectivity index (χ1v) is 6.23. The number of benzene rings is 1. The van der Waals surface area contributed by atoms with Crippen LogP contribution in [0.15, 0.2) is 36.9 Å². The molecular weight excluding hydrogens is 258 g/mol. The Kier molecular flexibility index (Phi) is 4.31. The van der Waals surface area contributed by atoms with E-state index in [2.05, 4.69) is 10.3 Å². The van der Waals surface area contributed by atoms with Crippen LogP contribution in [0, 0.1) is 10.1 Å². The number of rotatable bonds is 6. The van der Waals surface area contributed by atoms with Crippen molar-refractivity contribution in [2.45, 2.75) is 0 Å². The van der Waals surface area contributed by atoms with Crippen LogP contribution in [-0.2, 0) is 0 Å². The molecule has 2 aromatic rings. The van der Waals surface area contributed by atoms with Gasteiger partial charge in [-0.05, 0) is 26.2 Å². The third-order valence-corrected chi connectivity index (χ3v) is 2.85. The van der Waals surface area contributed by atoms with Gasteiger partial charge in [0, 0.05) is 37.2 Å². The Morgan fingerprint density at radius 2 is 2.25 bits per heavy atom. The van der Waals surface area contributed by atoms with E-state index in [9.17, 15) is 10.1 Å². The lowest BCUT2D eigenvalue weighted by Gasteiger charge is -2.12. The second-order valence-electron chi connectivity index (χ2n) is 4.66. The zero-order valence-corrected chi connectivity index (χ0v) is 11.5. The Morgan fingerprint density at radius 1 is 1.45 bits per heavy atom. The molecule has 2 rings (SSSR count). The van der Waals surface area contributed by atoms with Gasteiger partial charge in [-0.1, -0.05) is 0 Å². The molecule has 0 aliphatic carbocycles. The quantitative estimate of drug-likeness (QED) is 0.642. The van der Waals surface area contributed by atoms with Crippen molar-refractivity contribution in [3.63, 3.8) is 0 Å². The first-order valence-electron chi connectivity index (χ1n) is 6.23. The summed E-state index contributed by atoms with van der Waals surface area (Å²) in [5.74, 6) is 0. The standard InChI is InChI=1S/C13H17N5O2/c1-16(2)7-6-15-12-9-11(17-8-5-14-10-17)3-4-13(12)18(19)20/h3-5,8-10,15H,6-7H2,1-2H3. The average Bonchev–Trinajstić information content (AvgIpc) is 2.91. The molecule has 0 aliphatic heterocycles. The summed E-state index contributed by atoms with van der Waals surface area (Å²) in [6.07, 6.45) is 5.12. The maximum absolute atomic E-state index is 11.1. The summed E-state index contributed by atoms with van der Waals surface area (Å²) in [6.45, 7) is 1.44. The Balaban J connectivity index is 2.25. The zero-order chi connectivity index (χ0) is 14.5. The molecular formula is C13H17N5O2. The molecule has 0 bridgehead atoms. The van der Waals surface area contributed by atoms with E-state index in [4.69, 9.17) is 0 Å². The third-order valence-electron chi connectivity index (χ3n) is 2.85. The third kappa shape index (κ3) is 3.33. The van der Waals surface area contributed by atoms with E-state index in [1.54, 1.807) is 35.4 Å². The predicted molar refractivity (Wildman–Crippen MR) is 77.3 cm³/mol. The molecule has 0 saturated heterocycles. The minimum Gasteiger partial charge on any atom is -0.378 e. The number of anilines is 1. The Labute approximate surface area is 117 Å². The second-order valence-corrected chi connectivity index (χ2v) is 4.66. The van der Waals surface area contributed by atoms with E-state index in [0.717, 1.165) is 12.2 Å². The van der Waals surface area contributed by atoms with E-state index in [-0.39, 0.29) is 10.6 Å². The van der Waals surface area contributed by atoms with E-state index >= 15 is 0 Å². The van der Waals surface area contributed by atoms with Crippen LogP contribution in [0.5, 0.6) is 0 Å². The minimum absolute atomic E-state index is 0.0765. The summed E-state index contributed by atoms with van der Waals surface area (Å²) in [6, 6.07) is 4.97. The molecule has 1 heterocycles. The number of nitrogens with zero attached hydrogens (tertiary/aromatic N) is 4. The molecule has 20 heavy (non-hydrogen) atoms. The van der Waals surface area contributed by atoms with Crippen LogP contribution >= 0.6 is 0 Å². The SMILES string of the molecule is CN(C)CCNc1cc(-n2ccnc2)ccc1[N+](=O)[O-]. The number of hydrogen-bond donors (Lipinski definition) is 1. The Hall–Kier alpha value is -2.41. The summed E-state index contributed by atoms with van der Waals surface area (Å²) in [5, 5.41) is 14.2. The van der Waals surface area contributed by atoms with E-state index in [1.807, 2.05) is 19.0 Å². The molecule has 0 spiro atoms. The first kappa shape index (κ1) is 14.0. The van der Waals surface area contributed by atoms with Crippen LogP contribution in [0.25, 0.3) is 5.69 Å². The number of nitro benzene ring substituents is 1. The van der Waals surface area contributed by atoms with Gasteiger partial charge in [0.25, 0.3) is 5.69 Å². The predicted octanol–water partition coefficient (Wildman–Crippen LogP) is 1.75. The highest BCUT2D eigenvalue weighted by atomic mass is 16.6. The average molecular weight is 275 g/mol. The highest BCUT2D eigenvalue weighted by Crippen LogP contribution is 2.26. The molecule has 0 unspecified atom stereocenters. The summed E-state index contributed by atoms with van der Waals surface area (Å²) >= 11 is 0. The number of aromatic nitrogens is 2. The number of nitrogens with one attached hydrogen (secondary N) is 1. The number of imidazole rings is 1. The first-order chi connectivity index (χ1) is 9.58. The van der Waals surface area contributed by atoms with E-state index in [1.165, 1.54) is 6.07 Å². The fourth-order valence-corrected chi connectivity index (χ4v) is 1.81. The van der Waals surface area contributed by atoms with Crippen LogP contribution < -0.4 is 5.32 Å². The van der Waals surface area contributed by atoms with Crippen molar-refractivity contribution < 1.29 is 4.92 Å². The zero-order valence-electron chi connectivity index (χ0n) is 11.5. The molecule has 7 nitrogen and oxygen atoms in total. The molecule has 1 aromatic heterocycles. The van der Waals surface area contributed by atoms with Crippen molar-refractivity contribution in [2.75, 3.05) is 32.5 Å². The van der Waals surface area contributed by atoms with Crippen molar-refractivity contribution in [3.05, 3.63) is 47.0 Å². The maximum atomic E-state index is 11.1. The summed E-state index contributed by atoms with van der Waals surface area (Å²) < 4.78 is 1.81. The largest absolute Gasteiger partial charge is 0.378 e. The van der Waals surface area contributed by atoms with Gasteiger partial charge in [-0.3, -0.25) is 10.1 Å². The van der Waals surface area contributed by atoms with Gasteiger partial charge < -0.3 is 14.8 Å². The van der Waals surface area contributed by atoms with Gasteiger partial charge in [0.05, 0.1) is 11.3 Å². The Morgan fingerprint density at radius 3 is 2.85 bits per heavy atom. The van der Waals surface area contributed by atoms with Gasteiger partial charge in [-0.15, -0.1) is 0 Å². The Bertz CT molecular complexity index is 580. The van der Waals surface area contributed by atoms with Gasteiger partial charge in [0.1, 0.15) is 5.69 Å². The molecule has 0 amide bonds. The second kappa shape index (κ2) is 6.16. The smallest absolute Gasteiger partial charge is 0.292 e. The number of nitro groups is 1.